The van der Waals surface area contributed by atoms with Crippen LogP contribution in [0.1, 0.15) is 13.8 Å². The van der Waals surface area contributed by atoms with Gasteiger partial charge in [0.15, 0.2) is 0 Å². The fraction of sp³-hybridized carbons (Fsp3) is 0.136. The molecule has 0 aliphatic carbocycles. The Balaban J connectivity index is 2.03. The fourth-order valence-corrected chi connectivity index (χ4v) is 3.06. The lowest BCUT2D eigenvalue weighted by molar-refractivity contribution is 0.234. The average molecular weight is 313 g/mol. The van der Waals surface area contributed by atoms with Crippen LogP contribution in [0.5, 0.6) is 5.88 Å². The van der Waals surface area contributed by atoms with E-state index in [4.69, 9.17) is 9.72 Å². The maximum Gasteiger partial charge on any atom is 0.222 e. The molecule has 2 heteroatoms. The second-order valence-corrected chi connectivity index (χ2v) is 6.23. The van der Waals surface area contributed by atoms with Crippen LogP contribution in [0.4, 0.5) is 0 Å². The number of pyridine rings is 1. The third-order valence-electron chi connectivity index (χ3n) is 4.12. The van der Waals surface area contributed by atoms with E-state index in [-0.39, 0.29) is 6.10 Å². The van der Waals surface area contributed by atoms with E-state index in [0.29, 0.717) is 5.88 Å². The molecule has 0 aliphatic rings. The summed E-state index contributed by atoms with van der Waals surface area (Å²) < 4.78 is 6.05. The number of rotatable bonds is 3. The van der Waals surface area contributed by atoms with Crippen LogP contribution in [0.3, 0.4) is 0 Å². The van der Waals surface area contributed by atoms with Crippen LogP contribution in [0, 0.1) is 0 Å². The molecule has 3 aromatic carbocycles. The predicted molar refractivity (Wildman–Crippen MR) is 100 cm³/mol. The number of fused-ring (bicyclic) bond motifs is 2. The van der Waals surface area contributed by atoms with Gasteiger partial charge in [-0.2, -0.15) is 0 Å². The molecule has 0 aliphatic heterocycles. The minimum absolute atomic E-state index is 0.0763. The van der Waals surface area contributed by atoms with Crippen LogP contribution >= 0.6 is 0 Å². The van der Waals surface area contributed by atoms with Crippen molar-refractivity contribution in [3.63, 3.8) is 0 Å². The third-order valence-corrected chi connectivity index (χ3v) is 4.12. The largest absolute Gasteiger partial charge is 0.474 e. The third kappa shape index (κ3) is 2.61. The van der Waals surface area contributed by atoms with Gasteiger partial charge in [-0.3, -0.25) is 0 Å². The van der Waals surface area contributed by atoms with Crippen LogP contribution in [0.25, 0.3) is 32.8 Å². The molecule has 2 nitrogen and oxygen atoms in total. The Kier molecular flexibility index (Phi) is 3.66. The molecule has 0 bridgehead atoms. The molecule has 0 spiro atoms. The Labute approximate surface area is 141 Å². The maximum absolute atomic E-state index is 6.05. The van der Waals surface area contributed by atoms with Crippen molar-refractivity contribution in [2.24, 2.45) is 0 Å². The summed E-state index contributed by atoms with van der Waals surface area (Å²) in [4.78, 5) is 4.78. The topological polar surface area (TPSA) is 22.1 Å². The van der Waals surface area contributed by atoms with Gasteiger partial charge >= 0.3 is 0 Å². The molecule has 0 saturated heterocycles. The van der Waals surface area contributed by atoms with Crippen molar-refractivity contribution >= 4 is 21.7 Å². The summed E-state index contributed by atoms with van der Waals surface area (Å²) in [6.45, 7) is 4.06. The molecule has 0 fully saturated rings. The van der Waals surface area contributed by atoms with E-state index in [2.05, 4.69) is 54.6 Å². The quantitative estimate of drug-likeness (QED) is 0.474. The molecule has 1 heterocycles. The van der Waals surface area contributed by atoms with Gasteiger partial charge in [0.05, 0.1) is 11.6 Å². The number of benzene rings is 3. The number of hydrogen-bond donors (Lipinski definition) is 0. The Morgan fingerprint density at radius 2 is 1.46 bits per heavy atom. The van der Waals surface area contributed by atoms with Gasteiger partial charge in [0.25, 0.3) is 0 Å². The highest BCUT2D eigenvalue weighted by Gasteiger charge is 2.14. The normalized spacial score (nSPS) is 11.3. The zero-order chi connectivity index (χ0) is 16.5. The highest BCUT2D eigenvalue weighted by atomic mass is 16.5. The smallest absolute Gasteiger partial charge is 0.222 e. The van der Waals surface area contributed by atoms with E-state index in [1.165, 1.54) is 10.8 Å². The van der Waals surface area contributed by atoms with Gasteiger partial charge in [-0.05, 0) is 42.3 Å². The molecule has 1 aromatic heterocycles. The first-order chi connectivity index (χ1) is 11.7. The van der Waals surface area contributed by atoms with Crippen LogP contribution in [0.15, 0.2) is 72.8 Å². The molecule has 0 N–H and O–H groups in total. The molecule has 118 valence electrons. The Morgan fingerprint density at radius 3 is 2.29 bits per heavy atom. The zero-order valence-corrected chi connectivity index (χ0v) is 13.9. The zero-order valence-electron chi connectivity index (χ0n) is 13.9. The molecule has 0 atom stereocenters. The summed E-state index contributed by atoms with van der Waals surface area (Å²) in [5.41, 5.74) is 3.15. The Morgan fingerprint density at radius 1 is 0.750 bits per heavy atom. The van der Waals surface area contributed by atoms with Crippen molar-refractivity contribution in [1.29, 1.82) is 0 Å². The molecule has 0 radical (unpaired) electrons. The monoisotopic (exact) mass is 313 g/mol. The van der Waals surface area contributed by atoms with E-state index in [0.717, 1.165) is 22.0 Å². The molecule has 4 rings (SSSR count). The minimum atomic E-state index is 0.0763. The second kappa shape index (κ2) is 5.97. The van der Waals surface area contributed by atoms with Gasteiger partial charge in [0.1, 0.15) is 0 Å². The lowest BCUT2D eigenvalue weighted by Crippen LogP contribution is -2.08. The Hall–Kier alpha value is -2.87. The van der Waals surface area contributed by atoms with Gasteiger partial charge in [0, 0.05) is 10.9 Å². The number of nitrogens with zero attached hydrogens (tertiary/aromatic N) is 1. The fourth-order valence-electron chi connectivity index (χ4n) is 3.06. The Bertz CT molecular complexity index is 1020. The minimum Gasteiger partial charge on any atom is -0.474 e. The van der Waals surface area contributed by atoms with Gasteiger partial charge < -0.3 is 4.74 Å². The average Bonchev–Trinajstić information content (AvgIpc) is 2.60. The number of hydrogen-bond acceptors (Lipinski definition) is 2. The van der Waals surface area contributed by atoms with Crippen molar-refractivity contribution in [2.45, 2.75) is 20.0 Å². The van der Waals surface area contributed by atoms with Crippen molar-refractivity contribution < 1.29 is 4.74 Å². The summed E-state index contributed by atoms with van der Waals surface area (Å²) in [6.07, 6.45) is 0.0763. The lowest BCUT2D eigenvalue weighted by Gasteiger charge is -2.16. The molecule has 24 heavy (non-hydrogen) atoms. The first-order valence-corrected chi connectivity index (χ1v) is 8.27. The van der Waals surface area contributed by atoms with E-state index in [1.807, 2.05) is 32.0 Å². The van der Waals surface area contributed by atoms with Gasteiger partial charge in [-0.15, -0.1) is 0 Å². The standard InChI is InChI=1S/C22H19NO/c1-15(2)24-22-20(14-17-9-4-6-13-21(17)23-22)19-12-7-10-16-8-3-5-11-18(16)19/h3-15H,1-2H3. The molecule has 0 unspecified atom stereocenters. The first-order valence-electron chi connectivity index (χ1n) is 8.27. The van der Waals surface area contributed by atoms with E-state index in [1.54, 1.807) is 0 Å². The molecule has 0 amide bonds. The summed E-state index contributed by atoms with van der Waals surface area (Å²) in [5.74, 6) is 0.694. The predicted octanol–water partition coefficient (Wildman–Crippen LogP) is 5.84. The number of aromatic nitrogens is 1. The molecule has 4 aromatic rings. The van der Waals surface area contributed by atoms with Crippen molar-refractivity contribution in [1.82, 2.24) is 4.98 Å². The van der Waals surface area contributed by atoms with Crippen molar-refractivity contribution in [3.8, 4) is 17.0 Å². The van der Waals surface area contributed by atoms with Crippen LogP contribution in [-0.4, -0.2) is 11.1 Å². The lowest BCUT2D eigenvalue weighted by atomic mass is 9.98. The van der Waals surface area contributed by atoms with E-state index in [9.17, 15) is 0 Å². The number of ether oxygens (including phenoxy) is 1. The first kappa shape index (κ1) is 14.7. The number of para-hydroxylation sites is 1. The second-order valence-electron chi connectivity index (χ2n) is 6.23. The molecular weight excluding hydrogens is 294 g/mol. The van der Waals surface area contributed by atoms with E-state index < -0.39 is 0 Å². The SMILES string of the molecule is CC(C)Oc1nc2ccccc2cc1-c1cccc2ccccc12. The highest BCUT2D eigenvalue weighted by Crippen LogP contribution is 2.36. The maximum atomic E-state index is 6.05. The summed E-state index contributed by atoms with van der Waals surface area (Å²) in [5, 5.41) is 3.56. The van der Waals surface area contributed by atoms with Gasteiger partial charge in [-0.25, -0.2) is 4.98 Å². The summed E-state index contributed by atoms with van der Waals surface area (Å²) in [7, 11) is 0. The molecule has 0 saturated carbocycles. The van der Waals surface area contributed by atoms with E-state index >= 15 is 0 Å². The van der Waals surface area contributed by atoms with Crippen molar-refractivity contribution in [2.75, 3.05) is 0 Å². The van der Waals surface area contributed by atoms with Crippen LogP contribution in [0.2, 0.25) is 0 Å². The summed E-state index contributed by atoms with van der Waals surface area (Å²) >= 11 is 0. The van der Waals surface area contributed by atoms with Crippen LogP contribution in [-0.2, 0) is 0 Å². The van der Waals surface area contributed by atoms with Crippen LogP contribution < -0.4 is 4.74 Å². The van der Waals surface area contributed by atoms with Gasteiger partial charge in [0.2, 0.25) is 5.88 Å². The summed E-state index contributed by atoms with van der Waals surface area (Å²) in [6, 6.07) is 25.1. The van der Waals surface area contributed by atoms with Gasteiger partial charge in [-0.1, -0.05) is 60.7 Å². The molecular formula is C22H19NO. The van der Waals surface area contributed by atoms with Crippen molar-refractivity contribution in [3.05, 3.63) is 72.8 Å². The highest BCUT2D eigenvalue weighted by molar-refractivity contribution is 5.99.